The second kappa shape index (κ2) is 9.52. The summed E-state index contributed by atoms with van der Waals surface area (Å²) in [4.78, 5) is 19.4. The van der Waals surface area contributed by atoms with Gasteiger partial charge in [-0.1, -0.05) is 66.2 Å². The second-order valence-electron chi connectivity index (χ2n) is 7.34. The summed E-state index contributed by atoms with van der Waals surface area (Å²) in [5, 5.41) is 13.4. The van der Waals surface area contributed by atoms with Crippen LogP contribution in [-0.4, -0.2) is 24.6 Å². The summed E-state index contributed by atoms with van der Waals surface area (Å²) in [6, 6.07) is 23.8. The highest BCUT2D eigenvalue weighted by molar-refractivity contribution is 7.91. The van der Waals surface area contributed by atoms with E-state index in [0.717, 1.165) is 5.56 Å². The molecule has 0 atom stereocenters. The molecule has 0 saturated carbocycles. The number of aromatic nitrogens is 2. The van der Waals surface area contributed by atoms with Crippen molar-refractivity contribution in [1.82, 2.24) is 9.97 Å². The van der Waals surface area contributed by atoms with Gasteiger partial charge in [-0.2, -0.15) is 10.4 Å². The SMILES string of the molecule is Cc1ccc(S(=O)(=O)c2ccccc2C=NNc2nc(-c3ccccc3)c(C#N)c(=O)[nH]2)cc1. The molecule has 0 aliphatic rings. The topological polar surface area (TPSA) is 128 Å². The van der Waals surface area contributed by atoms with E-state index < -0.39 is 15.4 Å². The monoisotopic (exact) mass is 469 g/mol. The summed E-state index contributed by atoms with van der Waals surface area (Å²) in [5.74, 6) is 0.0120. The molecule has 0 saturated heterocycles. The highest BCUT2D eigenvalue weighted by Gasteiger charge is 2.20. The van der Waals surface area contributed by atoms with E-state index in [2.05, 4.69) is 20.5 Å². The number of H-pyrrole nitrogens is 1. The van der Waals surface area contributed by atoms with Gasteiger partial charge in [-0.05, 0) is 25.1 Å². The van der Waals surface area contributed by atoms with E-state index in [-0.39, 0.29) is 27.0 Å². The highest BCUT2D eigenvalue weighted by atomic mass is 32.2. The smallest absolute Gasteiger partial charge is 0.270 e. The summed E-state index contributed by atoms with van der Waals surface area (Å²) >= 11 is 0. The Hall–Kier alpha value is -4.55. The van der Waals surface area contributed by atoms with Crippen LogP contribution in [0.25, 0.3) is 11.3 Å². The molecule has 9 heteroatoms. The molecule has 168 valence electrons. The first-order chi connectivity index (χ1) is 16.4. The molecule has 0 radical (unpaired) electrons. The maximum absolute atomic E-state index is 13.1. The molecule has 0 bridgehead atoms. The third kappa shape index (κ3) is 4.62. The fourth-order valence-corrected chi connectivity index (χ4v) is 4.71. The number of nitrogens with zero attached hydrogens (tertiary/aromatic N) is 3. The number of anilines is 1. The minimum atomic E-state index is -3.77. The van der Waals surface area contributed by atoms with Crippen LogP contribution in [0, 0.1) is 18.3 Å². The van der Waals surface area contributed by atoms with Gasteiger partial charge in [0.05, 0.1) is 21.7 Å². The number of hydrogen-bond donors (Lipinski definition) is 2. The fraction of sp³-hybridized carbons (Fsp3) is 0.0400. The Morgan fingerprint density at radius 3 is 2.38 bits per heavy atom. The van der Waals surface area contributed by atoms with Crippen molar-refractivity contribution in [3.8, 4) is 17.3 Å². The number of hydrazone groups is 1. The van der Waals surface area contributed by atoms with Crippen molar-refractivity contribution in [3.63, 3.8) is 0 Å². The van der Waals surface area contributed by atoms with Crippen molar-refractivity contribution in [2.24, 2.45) is 5.10 Å². The minimum Gasteiger partial charge on any atom is -0.290 e. The van der Waals surface area contributed by atoms with Gasteiger partial charge in [0.1, 0.15) is 11.6 Å². The molecule has 0 spiro atoms. The second-order valence-corrected chi connectivity index (χ2v) is 9.26. The van der Waals surface area contributed by atoms with Gasteiger partial charge in [-0.3, -0.25) is 9.78 Å². The van der Waals surface area contributed by atoms with Gasteiger partial charge in [0.25, 0.3) is 5.56 Å². The van der Waals surface area contributed by atoms with E-state index in [0.29, 0.717) is 11.1 Å². The van der Waals surface area contributed by atoms with E-state index in [1.54, 1.807) is 66.7 Å². The van der Waals surface area contributed by atoms with Crippen LogP contribution >= 0.6 is 0 Å². The molecule has 1 aromatic heterocycles. The first kappa shape index (κ1) is 22.6. The predicted molar refractivity (Wildman–Crippen MR) is 129 cm³/mol. The maximum Gasteiger partial charge on any atom is 0.270 e. The standard InChI is InChI=1S/C25H19N5O3S/c1-17-11-13-20(14-12-17)34(32,33)22-10-6-5-9-19(22)16-27-30-25-28-23(18-7-3-2-4-8-18)21(15-26)24(31)29-25/h2-14,16H,1H3,(H2,28,29,30,31). The van der Waals surface area contributed by atoms with Gasteiger partial charge in [-0.15, -0.1) is 0 Å². The summed E-state index contributed by atoms with van der Waals surface area (Å²) in [6.07, 6.45) is 1.33. The third-order valence-electron chi connectivity index (χ3n) is 4.99. The minimum absolute atomic E-state index is 0.0120. The Kier molecular flexibility index (Phi) is 6.34. The summed E-state index contributed by atoms with van der Waals surface area (Å²) in [5.41, 5.74) is 4.02. The Morgan fingerprint density at radius 2 is 1.68 bits per heavy atom. The lowest BCUT2D eigenvalue weighted by Gasteiger charge is -2.08. The number of nitriles is 1. The van der Waals surface area contributed by atoms with Crippen LogP contribution in [0.5, 0.6) is 0 Å². The van der Waals surface area contributed by atoms with Crippen molar-refractivity contribution in [2.45, 2.75) is 16.7 Å². The molecule has 0 aliphatic heterocycles. The van der Waals surface area contributed by atoms with E-state index in [1.807, 2.05) is 19.1 Å². The fourth-order valence-electron chi connectivity index (χ4n) is 3.27. The summed E-state index contributed by atoms with van der Waals surface area (Å²) < 4.78 is 26.3. The molecule has 3 aromatic carbocycles. The predicted octanol–water partition coefficient (Wildman–Crippen LogP) is 3.90. The van der Waals surface area contributed by atoms with Crippen LogP contribution in [0.2, 0.25) is 0 Å². The zero-order valence-corrected chi connectivity index (χ0v) is 18.9. The normalized spacial score (nSPS) is 11.3. The van der Waals surface area contributed by atoms with E-state index >= 15 is 0 Å². The van der Waals surface area contributed by atoms with Gasteiger partial charge < -0.3 is 0 Å². The van der Waals surface area contributed by atoms with Crippen LogP contribution in [0.1, 0.15) is 16.7 Å². The Bertz CT molecular complexity index is 1570. The van der Waals surface area contributed by atoms with Crippen molar-refractivity contribution in [3.05, 3.63) is 106 Å². The molecule has 8 nitrogen and oxygen atoms in total. The first-order valence-corrected chi connectivity index (χ1v) is 11.7. The van der Waals surface area contributed by atoms with Crippen molar-refractivity contribution < 1.29 is 8.42 Å². The van der Waals surface area contributed by atoms with Crippen LogP contribution in [-0.2, 0) is 9.84 Å². The van der Waals surface area contributed by atoms with E-state index in [4.69, 9.17) is 0 Å². The zero-order valence-electron chi connectivity index (χ0n) is 18.1. The molecule has 34 heavy (non-hydrogen) atoms. The molecule has 0 aliphatic carbocycles. The van der Waals surface area contributed by atoms with Gasteiger partial charge in [0.2, 0.25) is 15.8 Å². The quantitative estimate of drug-likeness (QED) is 0.326. The number of benzene rings is 3. The van der Waals surface area contributed by atoms with Crippen LogP contribution in [0.3, 0.4) is 0 Å². The molecule has 2 N–H and O–H groups in total. The molecule has 0 unspecified atom stereocenters. The lowest BCUT2D eigenvalue weighted by molar-refractivity contribution is 0.596. The van der Waals surface area contributed by atoms with Gasteiger partial charge in [0, 0.05) is 11.1 Å². The zero-order chi connectivity index (χ0) is 24.1. The molecular formula is C25H19N5O3S. The molecular weight excluding hydrogens is 450 g/mol. The summed E-state index contributed by atoms with van der Waals surface area (Å²) in [7, 11) is -3.77. The number of hydrogen-bond acceptors (Lipinski definition) is 7. The number of aryl methyl sites for hydroxylation is 1. The lowest BCUT2D eigenvalue weighted by atomic mass is 10.1. The highest BCUT2D eigenvalue weighted by Crippen LogP contribution is 2.24. The van der Waals surface area contributed by atoms with Gasteiger partial charge in [0.15, 0.2) is 0 Å². The average molecular weight is 470 g/mol. The van der Waals surface area contributed by atoms with E-state index in [9.17, 15) is 18.5 Å². The summed E-state index contributed by atoms with van der Waals surface area (Å²) in [6.45, 7) is 1.88. The molecule has 0 fully saturated rings. The average Bonchev–Trinajstić information content (AvgIpc) is 2.85. The number of sulfone groups is 1. The number of nitrogens with one attached hydrogen (secondary N) is 2. The Labute approximate surface area is 196 Å². The van der Waals surface area contributed by atoms with Gasteiger partial charge >= 0.3 is 0 Å². The van der Waals surface area contributed by atoms with Crippen LogP contribution in [0.4, 0.5) is 5.95 Å². The largest absolute Gasteiger partial charge is 0.290 e. The molecule has 4 rings (SSSR count). The first-order valence-electron chi connectivity index (χ1n) is 10.2. The van der Waals surface area contributed by atoms with E-state index in [1.165, 1.54) is 12.3 Å². The number of aromatic amines is 1. The maximum atomic E-state index is 13.1. The van der Waals surface area contributed by atoms with Crippen LogP contribution < -0.4 is 11.0 Å². The third-order valence-corrected chi connectivity index (χ3v) is 6.84. The molecule has 4 aromatic rings. The Balaban J connectivity index is 1.66. The molecule has 1 heterocycles. The van der Waals surface area contributed by atoms with Crippen molar-refractivity contribution >= 4 is 22.0 Å². The molecule has 0 amide bonds. The number of rotatable bonds is 6. The van der Waals surface area contributed by atoms with Crippen molar-refractivity contribution in [2.75, 3.05) is 5.43 Å². The van der Waals surface area contributed by atoms with Crippen LogP contribution in [0.15, 0.2) is 98.5 Å². The van der Waals surface area contributed by atoms with Gasteiger partial charge in [-0.25, -0.2) is 18.8 Å². The van der Waals surface area contributed by atoms with Crippen molar-refractivity contribution in [1.29, 1.82) is 5.26 Å². The lowest BCUT2D eigenvalue weighted by Crippen LogP contribution is -2.16. The Morgan fingerprint density at radius 1 is 1.00 bits per heavy atom.